The maximum absolute atomic E-state index is 3.66. The van der Waals surface area contributed by atoms with E-state index in [1.807, 2.05) is 45.9 Å². The number of allylic oxidation sites excluding steroid dienone is 5. The maximum atomic E-state index is 3.66. The van der Waals surface area contributed by atoms with Gasteiger partial charge >= 0.3 is 0 Å². The molecular formula is C11H18N2. The van der Waals surface area contributed by atoms with Gasteiger partial charge in [-0.25, -0.2) is 0 Å². The standard InChI is InChI=1S/C11H18N2/c1-6-7-10(4)11(13-12-5)8-9(2)3/h6-8,13H,5H2,1-4H3/b7-6-,11-10+. The molecule has 2 heteroatoms. The normalized spacial score (nSPS) is 12.3. The van der Waals surface area contributed by atoms with Crippen LogP contribution in [0.3, 0.4) is 0 Å². The van der Waals surface area contributed by atoms with Gasteiger partial charge in [0.15, 0.2) is 0 Å². The predicted molar refractivity (Wildman–Crippen MR) is 59.6 cm³/mol. The van der Waals surface area contributed by atoms with Crippen molar-refractivity contribution in [2.75, 3.05) is 0 Å². The summed E-state index contributed by atoms with van der Waals surface area (Å²) in [5.41, 5.74) is 6.24. The van der Waals surface area contributed by atoms with Crippen molar-refractivity contribution in [3.63, 3.8) is 0 Å². The Balaban J connectivity index is 4.86. The second-order valence-electron chi connectivity index (χ2n) is 3.09. The molecule has 0 aromatic rings. The molecule has 0 unspecified atom stereocenters. The summed E-state index contributed by atoms with van der Waals surface area (Å²) in [6, 6.07) is 0. The fraction of sp³-hybridized carbons (Fsp3) is 0.364. The molecule has 0 fully saturated rings. The van der Waals surface area contributed by atoms with Crippen molar-refractivity contribution in [2.24, 2.45) is 5.10 Å². The zero-order valence-corrected chi connectivity index (χ0v) is 8.89. The summed E-state index contributed by atoms with van der Waals surface area (Å²) in [7, 11) is 0. The second kappa shape index (κ2) is 6.23. The number of hydrogen-bond acceptors (Lipinski definition) is 2. The van der Waals surface area contributed by atoms with Gasteiger partial charge in [-0.05, 0) is 39.3 Å². The van der Waals surface area contributed by atoms with Gasteiger partial charge in [-0.1, -0.05) is 17.7 Å². The van der Waals surface area contributed by atoms with Crippen LogP contribution in [-0.4, -0.2) is 6.72 Å². The first kappa shape index (κ1) is 11.7. The van der Waals surface area contributed by atoms with Crippen LogP contribution in [0.15, 0.2) is 40.2 Å². The summed E-state index contributed by atoms with van der Waals surface area (Å²) in [5, 5.41) is 3.66. The minimum absolute atomic E-state index is 0.994. The minimum Gasteiger partial charge on any atom is -0.279 e. The summed E-state index contributed by atoms with van der Waals surface area (Å²) in [4.78, 5) is 0. The first-order valence-electron chi connectivity index (χ1n) is 4.32. The molecule has 0 rings (SSSR count). The van der Waals surface area contributed by atoms with Crippen LogP contribution in [0.2, 0.25) is 0 Å². The van der Waals surface area contributed by atoms with Gasteiger partial charge in [0.1, 0.15) is 0 Å². The van der Waals surface area contributed by atoms with Crippen LogP contribution in [0.25, 0.3) is 0 Å². The summed E-state index contributed by atoms with van der Waals surface area (Å²) in [5.74, 6) is 0. The molecule has 13 heavy (non-hydrogen) atoms. The van der Waals surface area contributed by atoms with E-state index >= 15 is 0 Å². The molecule has 0 bridgehead atoms. The molecule has 1 N–H and O–H groups in total. The van der Waals surface area contributed by atoms with Crippen LogP contribution < -0.4 is 5.43 Å². The molecule has 0 aromatic heterocycles. The molecule has 72 valence electrons. The monoisotopic (exact) mass is 178 g/mol. The zero-order chi connectivity index (χ0) is 10.3. The quantitative estimate of drug-likeness (QED) is 0.399. The van der Waals surface area contributed by atoms with Crippen molar-refractivity contribution in [1.29, 1.82) is 0 Å². The van der Waals surface area contributed by atoms with Gasteiger partial charge in [0.05, 0.1) is 5.70 Å². The lowest BCUT2D eigenvalue weighted by Crippen LogP contribution is -2.04. The Morgan fingerprint density at radius 2 is 1.92 bits per heavy atom. The molecule has 0 amide bonds. The molecule has 0 aromatic carbocycles. The third-order valence-electron chi connectivity index (χ3n) is 1.47. The molecule has 0 aliphatic heterocycles. The van der Waals surface area contributed by atoms with Gasteiger partial charge < -0.3 is 0 Å². The van der Waals surface area contributed by atoms with Crippen LogP contribution in [-0.2, 0) is 0 Å². The van der Waals surface area contributed by atoms with Crippen molar-refractivity contribution < 1.29 is 0 Å². The molecule has 0 heterocycles. The number of nitrogens with zero attached hydrogens (tertiary/aromatic N) is 1. The van der Waals surface area contributed by atoms with Crippen LogP contribution in [0.1, 0.15) is 27.7 Å². The highest BCUT2D eigenvalue weighted by Gasteiger charge is 1.94. The minimum atomic E-state index is 0.994. The van der Waals surface area contributed by atoms with Gasteiger partial charge in [-0.15, -0.1) is 0 Å². The number of rotatable bonds is 4. The van der Waals surface area contributed by atoms with Crippen molar-refractivity contribution >= 4 is 6.72 Å². The molecule has 0 radical (unpaired) electrons. The Hall–Kier alpha value is -1.31. The number of nitrogens with one attached hydrogen (secondary N) is 1. The Morgan fingerprint density at radius 1 is 1.31 bits per heavy atom. The van der Waals surface area contributed by atoms with Gasteiger partial charge in [-0.2, -0.15) is 5.10 Å². The molecule has 0 atom stereocenters. The summed E-state index contributed by atoms with van der Waals surface area (Å²) in [6.45, 7) is 11.5. The van der Waals surface area contributed by atoms with E-state index in [9.17, 15) is 0 Å². The van der Waals surface area contributed by atoms with Crippen molar-refractivity contribution in [3.8, 4) is 0 Å². The highest BCUT2D eigenvalue weighted by Crippen LogP contribution is 2.06. The van der Waals surface area contributed by atoms with Crippen molar-refractivity contribution in [1.82, 2.24) is 5.43 Å². The lowest BCUT2D eigenvalue weighted by atomic mass is 10.2. The molecule has 0 saturated heterocycles. The lowest BCUT2D eigenvalue weighted by molar-refractivity contribution is 0.911. The Labute approximate surface area is 80.7 Å². The Morgan fingerprint density at radius 3 is 2.31 bits per heavy atom. The molecular weight excluding hydrogens is 160 g/mol. The third kappa shape index (κ3) is 5.01. The molecule has 0 aliphatic rings. The molecule has 0 aliphatic carbocycles. The van der Waals surface area contributed by atoms with E-state index in [-0.39, 0.29) is 0 Å². The summed E-state index contributed by atoms with van der Waals surface area (Å²) in [6.07, 6.45) is 6.08. The van der Waals surface area contributed by atoms with Gasteiger partial charge in [0, 0.05) is 6.72 Å². The van der Waals surface area contributed by atoms with Crippen LogP contribution in [0.5, 0.6) is 0 Å². The zero-order valence-electron chi connectivity index (χ0n) is 8.89. The third-order valence-corrected chi connectivity index (χ3v) is 1.47. The highest BCUT2D eigenvalue weighted by atomic mass is 15.3. The number of hydrazone groups is 1. The fourth-order valence-corrected chi connectivity index (χ4v) is 0.948. The average molecular weight is 178 g/mol. The smallest absolute Gasteiger partial charge is 0.0589 e. The predicted octanol–water partition coefficient (Wildman–Crippen LogP) is 3.01. The largest absolute Gasteiger partial charge is 0.279 e. The SMILES string of the molecule is C=NN/C(C=C(C)C)=C(C)/C=C\C. The fourth-order valence-electron chi connectivity index (χ4n) is 0.948. The lowest BCUT2D eigenvalue weighted by Gasteiger charge is -2.04. The second-order valence-corrected chi connectivity index (χ2v) is 3.09. The first-order valence-corrected chi connectivity index (χ1v) is 4.32. The van der Waals surface area contributed by atoms with Crippen LogP contribution in [0.4, 0.5) is 0 Å². The van der Waals surface area contributed by atoms with Crippen LogP contribution in [0, 0.1) is 0 Å². The van der Waals surface area contributed by atoms with E-state index in [0.29, 0.717) is 0 Å². The molecule has 2 nitrogen and oxygen atoms in total. The van der Waals surface area contributed by atoms with Crippen molar-refractivity contribution in [2.45, 2.75) is 27.7 Å². The van der Waals surface area contributed by atoms with E-state index in [2.05, 4.69) is 17.2 Å². The average Bonchev–Trinajstić information content (AvgIpc) is 2.03. The molecule has 0 spiro atoms. The van der Waals surface area contributed by atoms with E-state index < -0.39 is 0 Å². The van der Waals surface area contributed by atoms with E-state index in [1.54, 1.807) is 0 Å². The van der Waals surface area contributed by atoms with E-state index in [4.69, 9.17) is 0 Å². The topological polar surface area (TPSA) is 24.4 Å². The Bertz CT molecular complexity index is 253. The van der Waals surface area contributed by atoms with Gasteiger partial charge in [0.2, 0.25) is 0 Å². The maximum Gasteiger partial charge on any atom is 0.0589 e. The summed E-state index contributed by atoms with van der Waals surface area (Å²) < 4.78 is 0. The van der Waals surface area contributed by atoms with Crippen molar-refractivity contribution in [3.05, 3.63) is 35.1 Å². The van der Waals surface area contributed by atoms with E-state index in [0.717, 1.165) is 11.3 Å². The van der Waals surface area contributed by atoms with E-state index in [1.165, 1.54) is 5.57 Å². The van der Waals surface area contributed by atoms with Crippen LogP contribution >= 0.6 is 0 Å². The van der Waals surface area contributed by atoms with Gasteiger partial charge in [0.25, 0.3) is 0 Å². The number of hydrogen-bond donors (Lipinski definition) is 1. The Kier molecular flexibility index (Phi) is 5.60. The summed E-state index contributed by atoms with van der Waals surface area (Å²) >= 11 is 0. The molecule has 0 saturated carbocycles. The first-order chi connectivity index (χ1) is 6.11. The van der Waals surface area contributed by atoms with Gasteiger partial charge in [-0.3, -0.25) is 5.43 Å². The highest BCUT2D eigenvalue weighted by molar-refractivity contribution is 5.33.